The second-order valence-electron chi connectivity index (χ2n) is 8.75. The lowest BCUT2D eigenvalue weighted by Gasteiger charge is -2.37. The standard InChI is InChI=1S/C31H40O/c1-8-9-10-11-12-13-14-15-16-17-18-19-20-21-22-23-24-25-26-27-28(2)29(32)31(6,7)30(3,4)5/h8-27H,1H2,2-7H3. The molecule has 0 bridgehead atoms. The van der Waals surface area contributed by atoms with Gasteiger partial charge < -0.3 is 0 Å². The van der Waals surface area contributed by atoms with Gasteiger partial charge in [0.15, 0.2) is 5.78 Å². The summed E-state index contributed by atoms with van der Waals surface area (Å²) in [6, 6.07) is 0. The first-order valence-corrected chi connectivity index (χ1v) is 11.0. The fourth-order valence-electron chi connectivity index (χ4n) is 2.21. The van der Waals surface area contributed by atoms with Crippen LogP contribution in [0.25, 0.3) is 0 Å². The monoisotopic (exact) mass is 428 g/mol. The predicted octanol–water partition coefficient (Wildman–Crippen LogP) is 8.77. The minimum absolute atomic E-state index is 0.0791. The van der Waals surface area contributed by atoms with Gasteiger partial charge in [0.25, 0.3) is 0 Å². The molecule has 0 heterocycles. The van der Waals surface area contributed by atoms with Gasteiger partial charge in [0.1, 0.15) is 0 Å². The highest BCUT2D eigenvalue weighted by molar-refractivity contribution is 5.99. The van der Waals surface area contributed by atoms with Crippen LogP contribution in [0.5, 0.6) is 0 Å². The smallest absolute Gasteiger partial charge is 0.164 e. The third-order valence-corrected chi connectivity index (χ3v) is 5.17. The minimum atomic E-state index is -0.395. The Morgan fingerprint density at radius 3 is 1.09 bits per heavy atom. The van der Waals surface area contributed by atoms with Crippen LogP contribution >= 0.6 is 0 Å². The van der Waals surface area contributed by atoms with Crippen LogP contribution in [0.3, 0.4) is 0 Å². The van der Waals surface area contributed by atoms with E-state index in [2.05, 4.69) is 27.4 Å². The van der Waals surface area contributed by atoms with Crippen molar-refractivity contribution in [3.63, 3.8) is 0 Å². The van der Waals surface area contributed by atoms with Crippen molar-refractivity contribution < 1.29 is 4.79 Å². The van der Waals surface area contributed by atoms with Gasteiger partial charge in [0.2, 0.25) is 0 Å². The number of ketones is 1. The zero-order valence-corrected chi connectivity index (χ0v) is 20.7. The molecule has 0 radical (unpaired) electrons. The average molecular weight is 429 g/mol. The number of carbonyl (C=O) groups is 1. The number of allylic oxidation sites excluding steroid dienone is 21. The zero-order chi connectivity index (χ0) is 24.3. The maximum absolute atomic E-state index is 12.7. The van der Waals surface area contributed by atoms with Gasteiger partial charge in [-0.05, 0) is 17.9 Å². The van der Waals surface area contributed by atoms with Crippen molar-refractivity contribution in [1.29, 1.82) is 0 Å². The van der Waals surface area contributed by atoms with Crippen LogP contribution in [0.2, 0.25) is 0 Å². The second-order valence-corrected chi connectivity index (χ2v) is 8.75. The fourth-order valence-corrected chi connectivity index (χ4v) is 2.21. The molecule has 0 amide bonds. The molecule has 0 aliphatic rings. The van der Waals surface area contributed by atoms with Crippen LogP contribution in [0, 0.1) is 10.8 Å². The van der Waals surface area contributed by atoms with E-state index in [-0.39, 0.29) is 11.2 Å². The Morgan fingerprint density at radius 2 is 0.812 bits per heavy atom. The van der Waals surface area contributed by atoms with E-state index in [1.807, 2.05) is 136 Å². The van der Waals surface area contributed by atoms with Gasteiger partial charge in [0.05, 0.1) is 0 Å². The summed E-state index contributed by atoms with van der Waals surface area (Å²) in [6.45, 7) is 15.8. The highest BCUT2D eigenvalue weighted by Gasteiger charge is 2.39. The molecule has 0 saturated carbocycles. The van der Waals surface area contributed by atoms with Crippen molar-refractivity contribution in [2.45, 2.75) is 41.5 Å². The fraction of sp³-hybridized carbons (Fsp3) is 0.258. The highest BCUT2D eigenvalue weighted by atomic mass is 16.1. The van der Waals surface area contributed by atoms with E-state index in [1.54, 1.807) is 6.08 Å². The molecule has 0 saturated heterocycles. The number of hydrogen-bond acceptors (Lipinski definition) is 1. The molecule has 0 N–H and O–H groups in total. The lowest BCUT2D eigenvalue weighted by Crippen LogP contribution is -2.38. The summed E-state index contributed by atoms with van der Waals surface area (Å²) in [6.07, 6.45) is 38.8. The normalized spacial score (nSPS) is 15.1. The molecule has 0 unspecified atom stereocenters. The molecule has 32 heavy (non-hydrogen) atoms. The van der Waals surface area contributed by atoms with Crippen LogP contribution in [-0.4, -0.2) is 5.78 Å². The lowest BCUT2D eigenvalue weighted by molar-refractivity contribution is -0.128. The molecule has 170 valence electrons. The molecule has 0 rings (SSSR count). The Hall–Kier alpha value is -3.19. The van der Waals surface area contributed by atoms with E-state index < -0.39 is 5.41 Å². The summed E-state index contributed by atoms with van der Waals surface area (Å²) in [4.78, 5) is 12.7. The summed E-state index contributed by atoms with van der Waals surface area (Å²) in [7, 11) is 0. The average Bonchev–Trinajstić information content (AvgIpc) is 2.73. The van der Waals surface area contributed by atoms with Crippen molar-refractivity contribution in [3.8, 4) is 0 Å². The van der Waals surface area contributed by atoms with Gasteiger partial charge in [-0.1, -0.05) is 163 Å². The molecular formula is C31H40O. The van der Waals surface area contributed by atoms with Crippen molar-refractivity contribution in [1.82, 2.24) is 0 Å². The molecular weight excluding hydrogens is 388 g/mol. The van der Waals surface area contributed by atoms with Gasteiger partial charge in [-0.25, -0.2) is 0 Å². The van der Waals surface area contributed by atoms with E-state index in [4.69, 9.17) is 0 Å². The third kappa shape index (κ3) is 13.2. The predicted molar refractivity (Wildman–Crippen MR) is 144 cm³/mol. The van der Waals surface area contributed by atoms with Crippen molar-refractivity contribution in [3.05, 3.63) is 134 Å². The summed E-state index contributed by atoms with van der Waals surface area (Å²) >= 11 is 0. The minimum Gasteiger partial charge on any atom is -0.294 e. The topological polar surface area (TPSA) is 17.1 Å². The molecule has 0 aromatic rings. The Kier molecular flexibility index (Phi) is 14.9. The number of carbonyl (C=O) groups excluding carboxylic acids is 1. The van der Waals surface area contributed by atoms with E-state index >= 15 is 0 Å². The van der Waals surface area contributed by atoms with Gasteiger partial charge in [0, 0.05) is 5.41 Å². The van der Waals surface area contributed by atoms with Crippen LogP contribution in [0.15, 0.2) is 134 Å². The molecule has 0 aromatic heterocycles. The van der Waals surface area contributed by atoms with Crippen LogP contribution in [0.4, 0.5) is 0 Å². The Morgan fingerprint density at radius 1 is 0.531 bits per heavy atom. The molecule has 1 nitrogen and oxygen atoms in total. The maximum Gasteiger partial charge on any atom is 0.164 e. The molecule has 0 aliphatic carbocycles. The molecule has 1 heteroatoms. The van der Waals surface area contributed by atoms with Crippen LogP contribution in [-0.2, 0) is 4.79 Å². The first kappa shape index (κ1) is 28.8. The Bertz CT molecular complexity index is 864. The van der Waals surface area contributed by atoms with Crippen LogP contribution in [0.1, 0.15) is 41.5 Å². The number of rotatable bonds is 12. The molecule has 0 aromatic carbocycles. The number of Topliss-reactive ketones (excluding diaryl/α,β-unsaturated/α-hetero) is 1. The van der Waals surface area contributed by atoms with Gasteiger partial charge in [-0.2, -0.15) is 0 Å². The second kappa shape index (κ2) is 16.5. The van der Waals surface area contributed by atoms with Crippen LogP contribution < -0.4 is 0 Å². The first-order valence-electron chi connectivity index (χ1n) is 11.0. The SMILES string of the molecule is C=CC=CC=CC=CC=CC=CC=CC=CC=CC=CC=C(C)C(=O)C(C)(C)C(C)(C)C. The molecule has 0 fully saturated rings. The van der Waals surface area contributed by atoms with Gasteiger partial charge in [-0.15, -0.1) is 0 Å². The molecule has 0 atom stereocenters. The van der Waals surface area contributed by atoms with E-state index in [0.29, 0.717) is 0 Å². The Labute approximate surface area is 196 Å². The highest BCUT2D eigenvalue weighted by Crippen LogP contribution is 2.40. The lowest BCUT2D eigenvalue weighted by atomic mass is 9.65. The summed E-state index contributed by atoms with van der Waals surface area (Å²) in [5.74, 6) is 0.191. The van der Waals surface area contributed by atoms with E-state index in [9.17, 15) is 4.79 Å². The third-order valence-electron chi connectivity index (χ3n) is 5.17. The maximum atomic E-state index is 12.7. The zero-order valence-electron chi connectivity index (χ0n) is 20.7. The number of hydrogen-bond donors (Lipinski definition) is 0. The summed E-state index contributed by atoms with van der Waals surface area (Å²) in [5, 5.41) is 0. The van der Waals surface area contributed by atoms with Crippen molar-refractivity contribution in [2.24, 2.45) is 10.8 Å². The summed E-state index contributed by atoms with van der Waals surface area (Å²) < 4.78 is 0. The van der Waals surface area contributed by atoms with Crippen molar-refractivity contribution >= 4 is 5.78 Å². The summed E-state index contributed by atoms with van der Waals surface area (Å²) in [5.41, 5.74) is 0.305. The molecule has 0 aliphatic heterocycles. The Balaban J connectivity index is 4.38. The largest absolute Gasteiger partial charge is 0.294 e. The van der Waals surface area contributed by atoms with Crippen molar-refractivity contribution in [2.75, 3.05) is 0 Å². The van der Waals surface area contributed by atoms with Gasteiger partial charge >= 0.3 is 0 Å². The van der Waals surface area contributed by atoms with E-state index in [0.717, 1.165) is 5.57 Å². The quantitative estimate of drug-likeness (QED) is 0.224. The first-order chi connectivity index (χ1) is 15.1. The van der Waals surface area contributed by atoms with Gasteiger partial charge in [-0.3, -0.25) is 4.79 Å². The molecule has 0 spiro atoms. The van der Waals surface area contributed by atoms with E-state index in [1.165, 1.54) is 0 Å².